The van der Waals surface area contributed by atoms with E-state index in [0.29, 0.717) is 6.54 Å². The molecule has 11 nitrogen and oxygen atoms in total. The van der Waals surface area contributed by atoms with Gasteiger partial charge in [0, 0.05) is 22.7 Å². The first-order valence-corrected chi connectivity index (χ1v) is 11.6. The number of aromatic nitrogens is 3. The third-order valence-corrected chi connectivity index (χ3v) is 5.93. The Morgan fingerprint density at radius 1 is 0.871 bits per heavy atom. The average Bonchev–Trinajstić information content (AvgIpc) is 3.46. The highest BCUT2D eigenvalue weighted by molar-refractivity contribution is 7.15. The monoisotopic (exact) mass is 480 g/mol. The van der Waals surface area contributed by atoms with Gasteiger partial charge in [0.25, 0.3) is 17.7 Å². The fraction of sp³-hybridized carbons (Fsp3) is 0.294. The van der Waals surface area contributed by atoms with Crippen LogP contribution in [0.1, 0.15) is 37.9 Å². The molecule has 3 aromatic heterocycles. The average molecular weight is 481 g/mol. The highest BCUT2D eigenvalue weighted by Crippen LogP contribution is 2.20. The number of thiazole rings is 3. The maximum atomic E-state index is 12.4. The molecule has 0 unspecified atom stereocenters. The summed E-state index contributed by atoms with van der Waals surface area (Å²) in [5.74, 6) is -1.26. The number of anilines is 3. The molecule has 0 saturated carbocycles. The Kier molecular flexibility index (Phi) is 7.62. The van der Waals surface area contributed by atoms with Crippen LogP contribution in [0.5, 0.6) is 0 Å². The Bertz CT molecular complexity index is 1070. The van der Waals surface area contributed by atoms with E-state index in [1.165, 1.54) is 10.8 Å². The van der Waals surface area contributed by atoms with Crippen LogP contribution in [0, 0.1) is 0 Å². The lowest BCUT2D eigenvalue weighted by molar-refractivity contribution is 0.0946. The van der Waals surface area contributed by atoms with Crippen LogP contribution < -0.4 is 21.7 Å². The molecule has 0 bridgehead atoms. The quantitative estimate of drug-likeness (QED) is 0.338. The highest BCUT2D eigenvalue weighted by atomic mass is 32.1. The molecule has 0 atom stereocenters. The summed E-state index contributed by atoms with van der Waals surface area (Å²) in [5, 5.41) is 13.4. The van der Waals surface area contributed by atoms with Crippen molar-refractivity contribution in [2.24, 2.45) is 0 Å². The van der Waals surface area contributed by atoms with Crippen molar-refractivity contribution in [1.29, 1.82) is 0 Å². The topological polar surface area (TPSA) is 155 Å². The standard InChI is InChI=1S/C17H20N8O3S3/c1-25(2)5-3-4-19-12(26)9-7-30-16(21-9)24-14(28)11-8-31-17(22-11)23-13(27)10-6-29-15(18)20-10/h6-8H,3-5H2,1-2H3,(H2,18,20)(H,19,26)(H,21,24,28)(H,22,23,27). The van der Waals surface area contributed by atoms with Crippen molar-refractivity contribution in [2.45, 2.75) is 6.42 Å². The Morgan fingerprint density at radius 3 is 1.90 bits per heavy atom. The lowest BCUT2D eigenvalue weighted by Gasteiger charge is -2.09. The Morgan fingerprint density at radius 2 is 1.39 bits per heavy atom. The van der Waals surface area contributed by atoms with Crippen LogP contribution in [-0.2, 0) is 0 Å². The van der Waals surface area contributed by atoms with E-state index in [4.69, 9.17) is 5.73 Å². The molecule has 3 amide bonds. The second-order valence-corrected chi connectivity index (χ2v) is 9.07. The minimum atomic E-state index is -0.498. The number of hydrogen-bond acceptors (Lipinski definition) is 11. The van der Waals surface area contributed by atoms with Gasteiger partial charge >= 0.3 is 0 Å². The van der Waals surface area contributed by atoms with Crippen LogP contribution in [-0.4, -0.2) is 64.8 Å². The van der Waals surface area contributed by atoms with Crippen LogP contribution in [0.25, 0.3) is 0 Å². The normalized spacial score (nSPS) is 10.8. The molecule has 0 spiro atoms. The SMILES string of the molecule is CN(C)CCCNC(=O)c1csc(NC(=O)c2csc(NC(=O)c3csc(N)n3)n2)n1. The molecular formula is C17H20N8O3S3. The van der Waals surface area contributed by atoms with Gasteiger partial charge in [-0.15, -0.1) is 34.0 Å². The van der Waals surface area contributed by atoms with Crippen molar-refractivity contribution < 1.29 is 14.4 Å². The van der Waals surface area contributed by atoms with Gasteiger partial charge in [-0.25, -0.2) is 15.0 Å². The van der Waals surface area contributed by atoms with Gasteiger partial charge in [-0.1, -0.05) is 0 Å². The van der Waals surface area contributed by atoms with E-state index >= 15 is 0 Å². The minimum absolute atomic E-state index is 0.114. The Labute approximate surface area is 189 Å². The molecule has 0 aliphatic rings. The summed E-state index contributed by atoms with van der Waals surface area (Å²) in [7, 11) is 3.93. The van der Waals surface area contributed by atoms with Gasteiger partial charge in [0.2, 0.25) is 0 Å². The summed E-state index contributed by atoms with van der Waals surface area (Å²) in [6.07, 6.45) is 0.824. The summed E-state index contributed by atoms with van der Waals surface area (Å²) in [5.41, 5.74) is 6.05. The number of nitrogen functional groups attached to an aromatic ring is 1. The van der Waals surface area contributed by atoms with Crippen LogP contribution >= 0.6 is 34.0 Å². The molecule has 0 radical (unpaired) electrons. The lowest BCUT2D eigenvalue weighted by Crippen LogP contribution is -2.27. The van der Waals surface area contributed by atoms with Gasteiger partial charge in [-0.2, -0.15) is 0 Å². The van der Waals surface area contributed by atoms with E-state index in [-0.39, 0.29) is 38.4 Å². The fourth-order valence-electron chi connectivity index (χ4n) is 2.27. The molecule has 0 aliphatic heterocycles. The smallest absolute Gasteiger partial charge is 0.276 e. The number of hydrogen-bond donors (Lipinski definition) is 4. The largest absolute Gasteiger partial charge is 0.375 e. The van der Waals surface area contributed by atoms with E-state index in [9.17, 15) is 14.4 Å². The van der Waals surface area contributed by atoms with Crippen molar-refractivity contribution in [3.63, 3.8) is 0 Å². The molecule has 164 valence electrons. The number of nitrogens with zero attached hydrogens (tertiary/aromatic N) is 4. The van der Waals surface area contributed by atoms with Gasteiger partial charge in [-0.3, -0.25) is 25.0 Å². The maximum Gasteiger partial charge on any atom is 0.276 e. The fourth-order valence-corrected chi connectivity index (χ4v) is 4.19. The number of carbonyl (C=O) groups excluding carboxylic acids is 3. The predicted molar refractivity (Wildman–Crippen MR) is 122 cm³/mol. The first-order valence-electron chi connectivity index (χ1n) is 8.99. The number of carbonyl (C=O) groups is 3. The van der Waals surface area contributed by atoms with Crippen molar-refractivity contribution in [2.75, 3.05) is 43.6 Å². The molecular weight excluding hydrogens is 460 g/mol. The molecule has 14 heteroatoms. The molecule has 3 aromatic rings. The summed E-state index contributed by atoms with van der Waals surface area (Å²) >= 11 is 3.39. The Balaban J connectivity index is 1.51. The van der Waals surface area contributed by atoms with Gasteiger partial charge in [0.1, 0.15) is 17.1 Å². The molecule has 5 N–H and O–H groups in total. The van der Waals surface area contributed by atoms with Crippen LogP contribution in [0.3, 0.4) is 0 Å². The van der Waals surface area contributed by atoms with E-state index in [0.717, 1.165) is 47.0 Å². The maximum absolute atomic E-state index is 12.4. The van der Waals surface area contributed by atoms with Crippen LogP contribution in [0.4, 0.5) is 15.4 Å². The van der Waals surface area contributed by atoms with Crippen molar-refractivity contribution in [1.82, 2.24) is 25.2 Å². The van der Waals surface area contributed by atoms with E-state index in [1.54, 1.807) is 5.38 Å². The predicted octanol–water partition coefficient (Wildman–Crippen LogP) is 1.82. The zero-order valence-corrected chi connectivity index (χ0v) is 19.1. The zero-order valence-electron chi connectivity index (χ0n) is 16.7. The highest BCUT2D eigenvalue weighted by Gasteiger charge is 2.17. The van der Waals surface area contributed by atoms with Crippen LogP contribution in [0.2, 0.25) is 0 Å². The first-order chi connectivity index (χ1) is 14.8. The van der Waals surface area contributed by atoms with Crippen LogP contribution in [0.15, 0.2) is 16.1 Å². The summed E-state index contributed by atoms with van der Waals surface area (Å²) in [6.45, 7) is 1.41. The molecule has 0 aromatic carbocycles. The van der Waals surface area contributed by atoms with Gasteiger partial charge < -0.3 is 16.0 Å². The lowest BCUT2D eigenvalue weighted by atomic mass is 10.4. The van der Waals surface area contributed by atoms with E-state index in [2.05, 4.69) is 30.9 Å². The molecule has 3 rings (SSSR count). The second kappa shape index (κ2) is 10.4. The van der Waals surface area contributed by atoms with Gasteiger partial charge in [0.05, 0.1) is 0 Å². The minimum Gasteiger partial charge on any atom is -0.375 e. The van der Waals surface area contributed by atoms with Gasteiger partial charge in [0.15, 0.2) is 15.4 Å². The second-order valence-electron chi connectivity index (χ2n) is 6.47. The summed E-state index contributed by atoms with van der Waals surface area (Å²) in [6, 6.07) is 0. The molecule has 0 aliphatic carbocycles. The third kappa shape index (κ3) is 6.52. The number of rotatable bonds is 9. The van der Waals surface area contributed by atoms with Crippen molar-refractivity contribution in [3.8, 4) is 0 Å². The summed E-state index contributed by atoms with van der Waals surface area (Å²) < 4.78 is 0. The number of nitrogens with one attached hydrogen (secondary N) is 3. The Hall–Kier alpha value is -2.94. The van der Waals surface area contributed by atoms with Crippen molar-refractivity contribution >= 4 is 67.1 Å². The van der Waals surface area contributed by atoms with E-state index in [1.807, 2.05) is 19.0 Å². The third-order valence-electron chi connectivity index (χ3n) is 3.74. The molecule has 0 saturated heterocycles. The molecule has 31 heavy (non-hydrogen) atoms. The van der Waals surface area contributed by atoms with Crippen molar-refractivity contribution in [3.05, 3.63) is 33.2 Å². The summed E-state index contributed by atoms with van der Waals surface area (Å²) in [4.78, 5) is 50.8. The number of amides is 3. The first kappa shape index (κ1) is 22.7. The molecule has 3 heterocycles. The van der Waals surface area contributed by atoms with Gasteiger partial charge in [-0.05, 0) is 27.1 Å². The molecule has 0 fully saturated rings. The zero-order chi connectivity index (χ0) is 22.4. The van der Waals surface area contributed by atoms with E-state index < -0.39 is 11.8 Å². The number of nitrogens with two attached hydrogens (primary N) is 1.